The third kappa shape index (κ3) is 148. The van der Waals surface area contributed by atoms with Crippen LogP contribution in [0.15, 0.2) is 0 Å². The highest BCUT2D eigenvalue weighted by Crippen LogP contribution is 2.43. The van der Waals surface area contributed by atoms with Gasteiger partial charge in [0.2, 0.25) is 6.43 Å². The first kappa shape index (κ1) is 63.2. The van der Waals surface area contributed by atoms with Gasteiger partial charge in [0.05, 0.1) is 6.67 Å². The van der Waals surface area contributed by atoms with E-state index in [4.69, 9.17) is 4.74 Å². The van der Waals surface area contributed by atoms with Gasteiger partial charge in [0.25, 0.3) is 0 Å². The summed E-state index contributed by atoms with van der Waals surface area (Å²) in [5, 5.41) is 0. The molecule has 286 valence electrons. The van der Waals surface area contributed by atoms with Gasteiger partial charge >= 0.3 is 6.18 Å². The lowest BCUT2D eigenvalue weighted by atomic mass is 10.2. The van der Waals surface area contributed by atoms with Crippen LogP contribution in [-0.2, 0) is 4.74 Å². The largest absolute Gasteiger partial charge is 0.391 e. The van der Waals surface area contributed by atoms with Gasteiger partial charge in [-0.05, 0) is 41.9 Å². The van der Waals surface area contributed by atoms with E-state index < -0.39 is 24.4 Å². The van der Waals surface area contributed by atoms with Gasteiger partial charge in [-0.25, -0.2) is 8.78 Å². The lowest BCUT2D eigenvalue weighted by Crippen LogP contribution is -2.15. The maximum absolute atomic E-state index is 11.2. The van der Waals surface area contributed by atoms with Gasteiger partial charge in [-0.1, -0.05) is 164 Å². The number of methoxy groups -OCH3 is 1. The highest BCUT2D eigenvalue weighted by atomic mass is 19.4. The molecule has 45 heavy (non-hydrogen) atoms. The number of hydrogen-bond donors (Lipinski definition) is 0. The van der Waals surface area contributed by atoms with Crippen LogP contribution in [-0.4, -0.2) is 33.0 Å². The van der Waals surface area contributed by atoms with Crippen LogP contribution in [0.2, 0.25) is 0 Å². The molecule has 0 N–H and O–H groups in total. The monoisotopic (exact) mass is 673 g/mol. The highest BCUT2D eigenvalue weighted by Gasteiger charge is 2.31. The Morgan fingerprint density at radius 1 is 0.644 bits per heavy atom. The Kier molecular flexibility index (Phi) is 64.2. The average molecular weight is 673 g/mol. The fourth-order valence-electron chi connectivity index (χ4n) is 0.583. The molecule has 0 unspecified atom stereocenters. The van der Waals surface area contributed by atoms with Crippen molar-refractivity contribution in [1.82, 2.24) is 0 Å². The molecule has 1 rings (SSSR count). The predicted octanol–water partition coefficient (Wildman–Crippen LogP) is 15.8. The highest BCUT2D eigenvalue weighted by molar-refractivity contribution is 4.82. The van der Waals surface area contributed by atoms with E-state index in [1.807, 2.05) is 13.8 Å². The molecule has 1 fully saturated rings. The van der Waals surface area contributed by atoms with Gasteiger partial charge in [-0.2, -0.15) is 13.2 Å². The van der Waals surface area contributed by atoms with Gasteiger partial charge < -0.3 is 4.74 Å². The number of alkyl halides is 6. The molecule has 0 bridgehead atoms. The van der Waals surface area contributed by atoms with E-state index in [-0.39, 0.29) is 12.6 Å². The molecule has 0 atom stereocenters. The number of ether oxygens (including phenoxy) is 1. The first-order chi connectivity index (χ1) is 20.2. The molecular weight excluding hydrogens is 586 g/mol. The first-order valence-corrected chi connectivity index (χ1v) is 17.6. The predicted molar refractivity (Wildman–Crippen MR) is 194 cm³/mol. The van der Waals surface area contributed by atoms with Gasteiger partial charge in [0.1, 0.15) is 0 Å². The van der Waals surface area contributed by atoms with Crippen molar-refractivity contribution < 1.29 is 31.1 Å². The zero-order valence-electron chi connectivity index (χ0n) is 34.4. The fourth-order valence-corrected chi connectivity index (χ4v) is 0.583. The molecule has 0 radical (unpaired) electrons. The molecule has 1 aliphatic rings. The summed E-state index contributed by atoms with van der Waals surface area (Å²) in [6.45, 7) is 40.2. The molecule has 0 aromatic carbocycles. The number of hydrogen-bond acceptors (Lipinski definition) is 1. The molecule has 0 amide bonds. The van der Waals surface area contributed by atoms with Gasteiger partial charge in [-0.15, -0.1) is 0 Å². The van der Waals surface area contributed by atoms with Crippen molar-refractivity contribution in [2.75, 3.05) is 20.4 Å². The minimum atomic E-state index is -4.00. The van der Waals surface area contributed by atoms with E-state index in [0.29, 0.717) is 5.92 Å². The minimum absolute atomic E-state index is 0.194. The molecule has 0 aromatic rings. The van der Waals surface area contributed by atoms with Crippen LogP contribution < -0.4 is 0 Å². The number of halogens is 6. The summed E-state index contributed by atoms with van der Waals surface area (Å²) in [5.74, 6) is 0.928. The first-order valence-electron chi connectivity index (χ1n) is 17.6. The maximum Gasteiger partial charge on any atom is 0.391 e. The molecule has 1 saturated carbocycles. The Morgan fingerprint density at radius 3 is 0.844 bits per heavy atom. The van der Waals surface area contributed by atoms with Crippen LogP contribution in [0.3, 0.4) is 0 Å². The van der Waals surface area contributed by atoms with Crippen molar-refractivity contribution in [3.63, 3.8) is 0 Å². The molecule has 7 heteroatoms. The topological polar surface area (TPSA) is 9.23 Å². The lowest BCUT2D eigenvalue weighted by molar-refractivity contribution is -0.164. The standard InChI is InChI=1S/C5H12O.C5H10.C5H12.C4H7F3.C4H8F2.C4H9F.2C4H10.C3H8/c1-5(2)4-6-3;1-5(2)3-4-5;1-4-5(2)3;1-3(2)4(5,6)7;1-3(2)4(5)6;1-4(2)3-5;1-4(2)3;1-3-4-2;1-3-2/h5H,4H2,1-3H3;3-4H2,1-2H3;5H,4H2,1-3H3;3H,1-2H3;3-4H,1-2H3;4H,3H2,1-2H3;4H,1-3H3;3-4H2,1-2H3;3H2,1-2H3. The second-order valence-corrected chi connectivity index (χ2v) is 14.6. The van der Waals surface area contributed by atoms with Crippen molar-refractivity contribution in [3.8, 4) is 0 Å². The summed E-state index contributed by atoms with van der Waals surface area (Å²) in [6, 6.07) is 0. The van der Waals surface area contributed by atoms with Crippen LogP contribution in [0.5, 0.6) is 0 Å². The van der Waals surface area contributed by atoms with Gasteiger partial charge in [0, 0.05) is 25.6 Å². The smallest absolute Gasteiger partial charge is 0.384 e. The van der Waals surface area contributed by atoms with Crippen LogP contribution in [0.4, 0.5) is 26.3 Å². The quantitative estimate of drug-likeness (QED) is 0.255. The second-order valence-electron chi connectivity index (χ2n) is 14.6. The van der Waals surface area contributed by atoms with Crippen LogP contribution in [0, 0.1) is 40.9 Å². The molecule has 1 aliphatic carbocycles. The SMILES string of the molecule is CC(C)C.CC(C)C(F)(F)F.CC(C)C(F)F.CC(C)CF.CC1(C)CC1.CCC.CCC(C)C.CCCC.COCC(C)C. The number of rotatable bonds is 6. The summed E-state index contributed by atoms with van der Waals surface area (Å²) in [6.07, 6.45) is 1.95. The normalized spacial score (nSPS) is 12.1. The van der Waals surface area contributed by atoms with Crippen LogP contribution in [0.1, 0.15) is 177 Å². The molecule has 1 nitrogen and oxygen atoms in total. The van der Waals surface area contributed by atoms with E-state index in [0.717, 1.165) is 37.7 Å². The average Bonchev–Trinajstić information content (AvgIpc) is 3.59. The van der Waals surface area contributed by atoms with Crippen LogP contribution >= 0.6 is 0 Å². The van der Waals surface area contributed by atoms with Crippen molar-refractivity contribution in [3.05, 3.63) is 0 Å². The van der Waals surface area contributed by atoms with Crippen molar-refractivity contribution in [2.24, 2.45) is 40.9 Å². The summed E-state index contributed by atoms with van der Waals surface area (Å²) in [4.78, 5) is 0. The molecule has 0 saturated heterocycles. The summed E-state index contributed by atoms with van der Waals surface area (Å²) in [5.41, 5.74) is 0.750. The van der Waals surface area contributed by atoms with Crippen molar-refractivity contribution in [1.29, 1.82) is 0 Å². The maximum atomic E-state index is 11.2. The summed E-state index contributed by atoms with van der Waals surface area (Å²) in [7, 11) is 1.72. The van der Waals surface area contributed by atoms with Crippen molar-refractivity contribution >= 4 is 0 Å². The minimum Gasteiger partial charge on any atom is -0.384 e. The van der Waals surface area contributed by atoms with Crippen molar-refractivity contribution in [2.45, 2.75) is 190 Å². The fraction of sp³-hybridized carbons (Fsp3) is 1.00. The molecule has 0 spiro atoms. The van der Waals surface area contributed by atoms with E-state index in [1.54, 1.807) is 7.11 Å². The van der Waals surface area contributed by atoms with E-state index in [1.165, 1.54) is 52.4 Å². The zero-order chi connectivity index (χ0) is 38.4. The molecular formula is C38H86F6O. The van der Waals surface area contributed by atoms with Gasteiger partial charge in [0.15, 0.2) is 0 Å². The Hall–Kier alpha value is -0.460. The zero-order valence-corrected chi connectivity index (χ0v) is 34.4. The Morgan fingerprint density at radius 2 is 0.844 bits per heavy atom. The van der Waals surface area contributed by atoms with E-state index in [2.05, 4.69) is 96.9 Å². The molecule has 0 aliphatic heterocycles. The number of unbranched alkanes of at least 4 members (excludes halogenated alkanes) is 1. The molecule has 0 aromatic heterocycles. The Bertz CT molecular complexity index is 433. The van der Waals surface area contributed by atoms with Crippen LogP contribution in [0.25, 0.3) is 0 Å². The van der Waals surface area contributed by atoms with E-state index in [9.17, 15) is 26.3 Å². The van der Waals surface area contributed by atoms with Gasteiger partial charge in [-0.3, -0.25) is 4.39 Å². The summed E-state index contributed by atoms with van der Waals surface area (Å²) >= 11 is 0. The van der Waals surface area contributed by atoms with E-state index >= 15 is 0 Å². The summed E-state index contributed by atoms with van der Waals surface area (Å²) < 4.78 is 71.8. The third-order valence-electron chi connectivity index (χ3n) is 4.53. The third-order valence-corrected chi connectivity index (χ3v) is 4.53. The Balaban J connectivity index is -0.0000000576. The Labute approximate surface area is 281 Å². The lowest BCUT2D eigenvalue weighted by Gasteiger charge is -2.07. The molecule has 0 heterocycles. The second kappa shape index (κ2) is 45.7.